The standard InChI is InChI=1S/C21H25N5OS/c1-3-28(27)26-12-8-16(9-13-26)15-4-6-17(7-5-15)18-14-19-20(21(22-2)25-18)24-11-10-23-19/h4-7,10-11,14,16H,3,8-9,12-13H2,1-2H3,(H,22,25). The minimum Gasteiger partial charge on any atom is -0.371 e. The number of aromatic nitrogens is 3. The van der Waals surface area contributed by atoms with Gasteiger partial charge in [-0.05, 0) is 30.4 Å². The summed E-state index contributed by atoms with van der Waals surface area (Å²) >= 11 is 0. The lowest BCUT2D eigenvalue weighted by Crippen LogP contribution is -2.35. The number of piperidine rings is 1. The Hall–Kier alpha value is -2.38. The van der Waals surface area contributed by atoms with E-state index in [4.69, 9.17) is 4.98 Å². The molecule has 1 N–H and O–H groups in total. The maximum atomic E-state index is 12.0. The van der Waals surface area contributed by atoms with Crippen molar-refractivity contribution in [3.8, 4) is 11.3 Å². The molecule has 1 fully saturated rings. The molecule has 28 heavy (non-hydrogen) atoms. The zero-order valence-corrected chi connectivity index (χ0v) is 17.1. The third kappa shape index (κ3) is 3.77. The Labute approximate surface area is 168 Å². The molecule has 1 aromatic carbocycles. The van der Waals surface area contributed by atoms with Crippen molar-refractivity contribution in [3.05, 3.63) is 48.3 Å². The van der Waals surface area contributed by atoms with Crippen LogP contribution in [0.1, 0.15) is 31.2 Å². The third-order valence-electron chi connectivity index (χ3n) is 5.36. The highest BCUT2D eigenvalue weighted by atomic mass is 32.2. The van der Waals surface area contributed by atoms with Crippen molar-refractivity contribution in [2.24, 2.45) is 0 Å². The molecule has 0 spiro atoms. The van der Waals surface area contributed by atoms with E-state index in [1.807, 2.05) is 20.0 Å². The minimum absolute atomic E-state index is 0.530. The Kier molecular flexibility index (Phi) is 5.64. The normalized spacial score (nSPS) is 16.9. The van der Waals surface area contributed by atoms with Crippen molar-refractivity contribution in [2.45, 2.75) is 25.7 Å². The fraction of sp³-hybridized carbons (Fsp3) is 0.381. The quantitative estimate of drug-likeness (QED) is 0.715. The maximum absolute atomic E-state index is 12.0. The smallest absolute Gasteiger partial charge is 0.154 e. The highest BCUT2D eigenvalue weighted by Gasteiger charge is 2.23. The summed E-state index contributed by atoms with van der Waals surface area (Å²) < 4.78 is 14.1. The van der Waals surface area contributed by atoms with Crippen LogP contribution < -0.4 is 5.32 Å². The van der Waals surface area contributed by atoms with Gasteiger partial charge in [-0.3, -0.25) is 4.98 Å². The molecule has 4 rings (SSSR count). The van der Waals surface area contributed by atoms with Crippen molar-refractivity contribution in [1.82, 2.24) is 19.3 Å². The van der Waals surface area contributed by atoms with Crippen molar-refractivity contribution >= 4 is 27.8 Å². The predicted octanol–water partition coefficient (Wildman–Crippen LogP) is 3.60. The van der Waals surface area contributed by atoms with Crippen LogP contribution in [0.3, 0.4) is 0 Å². The monoisotopic (exact) mass is 395 g/mol. The topological polar surface area (TPSA) is 71.0 Å². The number of hydrogen-bond donors (Lipinski definition) is 1. The first-order chi connectivity index (χ1) is 13.7. The summed E-state index contributed by atoms with van der Waals surface area (Å²) in [7, 11) is 1.03. The zero-order chi connectivity index (χ0) is 19.5. The summed E-state index contributed by atoms with van der Waals surface area (Å²) in [4.78, 5) is 13.5. The first kappa shape index (κ1) is 19.0. The molecule has 1 aliphatic heterocycles. The van der Waals surface area contributed by atoms with Gasteiger partial charge < -0.3 is 5.32 Å². The highest BCUT2D eigenvalue weighted by molar-refractivity contribution is 7.82. The number of pyridine rings is 1. The number of anilines is 1. The van der Waals surface area contributed by atoms with E-state index in [9.17, 15) is 4.21 Å². The Morgan fingerprint density at radius 2 is 1.86 bits per heavy atom. The molecule has 1 saturated heterocycles. The zero-order valence-electron chi connectivity index (χ0n) is 16.3. The van der Waals surface area contributed by atoms with Gasteiger partial charge in [0.1, 0.15) is 5.52 Å². The van der Waals surface area contributed by atoms with Crippen molar-refractivity contribution < 1.29 is 4.21 Å². The third-order valence-corrected chi connectivity index (χ3v) is 6.80. The summed E-state index contributed by atoms with van der Waals surface area (Å²) in [5, 5.41) is 3.12. The van der Waals surface area contributed by atoms with E-state index in [-0.39, 0.29) is 0 Å². The molecule has 0 aliphatic carbocycles. The van der Waals surface area contributed by atoms with Crippen LogP contribution >= 0.6 is 0 Å². The van der Waals surface area contributed by atoms with E-state index in [1.54, 1.807) is 12.4 Å². The van der Waals surface area contributed by atoms with Gasteiger partial charge in [-0.15, -0.1) is 0 Å². The summed E-state index contributed by atoms with van der Waals surface area (Å²) in [5.74, 6) is 1.97. The number of benzene rings is 1. The first-order valence-electron chi connectivity index (χ1n) is 9.73. The van der Waals surface area contributed by atoms with E-state index in [0.29, 0.717) is 11.7 Å². The Balaban J connectivity index is 1.54. The van der Waals surface area contributed by atoms with Gasteiger partial charge in [-0.2, -0.15) is 0 Å². The average Bonchev–Trinajstić information content (AvgIpc) is 2.78. The number of fused-ring (bicyclic) bond motifs is 1. The van der Waals surface area contributed by atoms with E-state index in [2.05, 4.69) is 43.9 Å². The molecule has 0 saturated carbocycles. The second-order valence-electron chi connectivity index (χ2n) is 6.97. The van der Waals surface area contributed by atoms with Crippen LogP contribution in [-0.4, -0.2) is 49.4 Å². The molecule has 7 heteroatoms. The Morgan fingerprint density at radius 3 is 2.54 bits per heavy atom. The van der Waals surface area contributed by atoms with Gasteiger partial charge >= 0.3 is 0 Å². The molecule has 6 nitrogen and oxygen atoms in total. The van der Waals surface area contributed by atoms with Crippen LogP contribution in [0.15, 0.2) is 42.7 Å². The van der Waals surface area contributed by atoms with Gasteiger partial charge in [0, 0.05) is 43.8 Å². The highest BCUT2D eigenvalue weighted by Crippen LogP contribution is 2.31. The van der Waals surface area contributed by atoms with Crippen molar-refractivity contribution in [1.29, 1.82) is 0 Å². The van der Waals surface area contributed by atoms with E-state index < -0.39 is 11.0 Å². The predicted molar refractivity (Wildman–Crippen MR) is 115 cm³/mol. The molecule has 0 radical (unpaired) electrons. The molecule has 2 aromatic heterocycles. The van der Waals surface area contributed by atoms with Crippen LogP contribution in [0.4, 0.5) is 5.82 Å². The fourth-order valence-corrected chi connectivity index (χ4v) is 4.78. The van der Waals surface area contributed by atoms with Gasteiger partial charge in [0.05, 0.1) is 22.2 Å². The van der Waals surface area contributed by atoms with E-state index in [1.165, 1.54) is 5.56 Å². The largest absolute Gasteiger partial charge is 0.371 e. The van der Waals surface area contributed by atoms with Crippen LogP contribution in [0, 0.1) is 0 Å². The van der Waals surface area contributed by atoms with Gasteiger partial charge in [-0.25, -0.2) is 18.5 Å². The lowest BCUT2D eigenvalue weighted by atomic mass is 9.89. The average molecular weight is 396 g/mol. The van der Waals surface area contributed by atoms with Gasteiger partial charge in [-0.1, -0.05) is 31.2 Å². The lowest BCUT2D eigenvalue weighted by molar-refractivity contribution is 0.334. The van der Waals surface area contributed by atoms with Crippen LogP contribution in [-0.2, 0) is 11.0 Å². The SMILES string of the molecule is CCS(=O)N1CCC(c2ccc(-c3cc4nccnc4c(NC)n3)cc2)CC1. The van der Waals surface area contributed by atoms with Gasteiger partial charge in [0.15, 0.2) is 5.82 Å². The van der Waals surface area contributed by atoms with Crippen LogP contribution in [0.25, 0.3) is 22.3 Å². The van der Waals surface area contributed by atoms with Crippen molar-refractivity contribution in [3.63, 3.8) is 0 Å². The number of hydrogen-bond acceptors (Lipinski definition) is 5. The first-order valence-corrected chi connectivity index (χ1v) is 11.0. The summed E-state index contributed by atoms with van der Waals surface area (Å²) in [5.41, 5.74) is 4.91. The molecular weight excluding hydrogens is 370 g/mol. The van der Waals surface area contributed by atoms with E-state index in [0.717, 1.165) is 54.0 Å². The maximum Gasteiger partial charge on any atom is 0.154 e. The molecule has 0 amide bonds. The van der Waals surface area contributed by atoms with Crippen LogP contribution in [0.2, 0.25) is 0 Å². The number of nitrogens with one attached hydrogen (secondary N) is 1. The summed E-state index contributed by atoms with van der Waals surface area (Å²) in [6.07, 6.45) is 5.49. The van der Waals surface area contributed by atoms with Crippen LogP contribution in [0.5, 0.6) is 0 Å². The molecule has 1 aliphatic rings. The molecule has 1 atom stereocenters. The fourth-order valence-electron chi connectivity index (χ4n) is 3.80. The number of nitrogens with zero attached hydrogens (tertiary/aromatic N) is 4. The van der Waals surface area contributed by atoms with Gasteiger partial charge in [0.2, 0.25) is 0 Å². The van der Waals surface area contributed by atoms with Gasteiger partial charge in [0.25, 0.3) is 0 Å². The number of rotatable bonds is 5. The Morgan fingerprint density at radius 1 is 1.14 bits per heavy atom. The molecule has 3 aromatic rings. The molecule has 0 bridgehead atoms. The lowest BCUT2D eigenvalue weighted by Gasteiger charge is -2.30. The second-order valence-corrected chi connectivity index (χ2v) is 8.70. The van der Waals surface area contributed by atoms with E-state index >= 15 is 0 Å². The Bertz CT molecular complexity index is 984. The molecular formula is C21H25N5OS. The minimum atomic E-state index is -0.820. The molecule has 146 valence electrons. The molecule has 3 heterocycles. The second kappa shape index (κ2) is 8.32. The summed E-state index contributed by atoms with van der Waals surface area (Å²) in [6, 6.07) is 10.7. The van der Waals surface area contributed by atoms with Crippen molar-refractivity contribution in [2.75, 3.05) is 31.2 Å². The molecule has 1 unspecified atom stereocenters. The summed E-state index contributed by atoms with van der Waals surface area (Å²) in [6.45, 7) is 3.79.